The molecule has 1 unspecified atom stereocenters. The molecule has 0 aliphatic carbocycles. The first kappa shape index (κ1) is 20.3. The van der Waals surface area contributed by atoms with Gasteiger partial charge in [0.15, 0.2) is 0 Å². The number of hydrogen-bond acceptors (Lipinski definition) is 5. The molecule has 0 spiro atoms. The average molecular weight is 401 g/mol. The Hall–Kier alpha value is -1.99. The minimum Gasteiger partial charge on any atom is -0.379 e. The lowest BCUT2D eigenvalue weighted by atomic mass is 9.88. The zero-order chi connectivity index (χ0) is 20.1. The van der Waals surface area contributed by atoms with Crippen molar-refractivity contribution in [3.05, 3.63) is 30.1 Å². The number of hydrogen-bond donors (Lipinski definition) is 0. The van der Waals surface area contributed by atoms with Gasteiger partial charge in [0.25, 0.3) is 0 Å². The molecule has 0 saturated carbocycles. The lowest BCUT2D eigenvalue weighted by Gasteiger charge is -2.38. The van der Waals surface area contributed by atoms with Crippen molar-refractivity contribution < 1.29 is 14.3 Å². The van der Waals surface area contributed by atoms with E-state index in [1.165, 1.54) is 5.56 Å². The summed E-state index contributed by atoms with van der Waals surface area (Å²) < 4.78 is 5.39. The molecular weight excluding hydrogens is 368 g/mol. The second kappa shape index (κ2) is 9.67. The third-order valence-corrected chi connectivity index (χ3v) is 6.62. The van der Waals surface area contributed by atoms with E-state index in [-0.39, 0.29) is 17.7 Å². The summed E-state index contributed by atoms with van der Waals surface area (Å²) in [4.78, 5) is 35.8. The van der Waals surface area contributed by atoms with Crippen LogP contribution in [0.2, 0.25) is 0 Å². The number of aromatic nitrogens is 1. The van der Waals surface area contributed by atoms with Gasteiger partial charge in [-0.2, -0.15) is 0 Å². The van der Waals surface area contributed by atoms with Crippen LogP contribution in [0.3, 0.4) is 0 Å². The molecular formula is C22H32N4O3. The summed E-state index contributed by atoms with van der Waals surface area (Å²) in [7, 11) is 0. The third kappa shape index (κ3) is 5.14. The lowest BCUT2D eigenvalue weighted by Crippen LogP contribution is -2.50. The standard InChI is InChI=1S/C22H32N4O3/c27-21-2-1-20(17-26(21)12-11-24-13-15-29-16-14-24)22(28)25-9-5-19(6-10-25)18-3-7-23-8-4-18/h3-4,7-8,19-20H,1-2,5-6,9-17H2. The Morgan fingerprint density at radius 3 is 2.48 bits per heavy atom. The van der Waals surface area contributed by atoms with Gasteiger partial charge < -0.3 is 14.5 Å². The van der Waals surface area contributed by atoms with Gasteiger partial charge in [0.2, 0.25) is 11.8 Å². The molecule has 1 aromatic rings. The molecule has 0 bridgehead atoms. The first-order valence-corrected chi connectivity index (χ1v) is 11.0. The molecule has 2 amide bonds. The van der Waals surface area contributed by atoms with E-state index in [9.17, 15) is 9.59 Å². The molecule has 3 aliphatic heterocycles. The average Bonchev–Trinajstić information content (AvgIpc) is 2.79. The van der Waals surface area contributed by atoms with Crippen molar-refractivity contribution in [3.8, 4) is 0 Å². The quantitative estimate of drug-likeness (QED) is 0.747. The largest absolute Gasteiger partial charge is 0.379 e. The summed E-state index contributed by atoms with van der Waals surface area (Å²) in [6.07, 6.45) is 6.88. The summed E-state index contributed by atoms with van der Waals surface area (Å²) >= 11 is 0. The van der Waals surface area contributed by atoms with Crippen molar-refractivity contribution in [3.63, 3.8) is 0 Å². The molecule has 3 fully saturated rings. The number of ether oxygens (including phenoxy) is 1. The van der Waals surface area contributed by atoms with Gasteiger partial charge in [0, 0.05) is 64.6 Å². The Morgan fingerprint density at radius 2 is 1.76 bits per heavy atom. The normalized spacial score (nSPS) is 24.7. The first-order chi connectivity index (χ1) is 14.2. The van der Waals surface area contributed by atoms with Crippen molar-refractivity contribution in [1.82, 2.24) is 19.7 Å². The second-order valence-corrected chi connectivity index (χ2v) is 8.41. The summed E-state index contributed by atoms with van der Waals surface area (Å²) in [6, 6.07) is 4.17. The van der Waals surface area contributed by atoms with Crippen LogP contribution in [-0.4, -0.2) is 90.5 Å². The molecule has 1 atom stereocenters. The fourth-order valence-corrected chi connectivity index (χ4v) is 4.75. The van der Waals surface area contributed by atoms with Crippen LogP contribution in [0.15, 0.2) is 24.5 Å². The predicted octanol–water partition coefficient (Wildman–Crippen LogP) is 1.36. The van der Waals surface area contributed by atoms with E-state index >= 15 is 0 Å². The second-order valence-electron chi connectivity index (χ2n) is 8.41. The molecule has 29 heavy (non-hydrogen) atoms. The number of morpholine rings is 1. The molecule has 3 saturated heterocycles. The van der Waals surface area contributed by atoms with Crippen molar-refractivity contribution in [1.29, 1.82) is 0 Å². The maximum absolute atomic E-state index is 13.1. The molecule has 0 aromatic carbocycles. The van der Waals surface area contributed by atoms with Gasteiger partial charge in [0.05, 0.1) is 19.1 Å². The highest BCUT2D eigenvalue weighted by Crippen LogP contribution is 2.29. The number of rotatable bonds is 5. The van der Waals surface area contributed by atoms with E-state index in [2.05, 4.69) is 22.0 Å². The highest BCUT2D eigenvalue weighted by molar-refractivity contribution is 5.84. The van der Waals surface area contributed by atoms with Crippen molar-refractivity contribution >= 4 is 11.8 Å². The third-order valence-electron chi connectivity index (χ3n) is 6.62. The Morgan fingerprint density at radius 1 is 1.03 bits per heavy atom. The van der Waals surface area contributed by atoms with Crippen molar-refractivity contribution in [2.24, 2.45) is 5.92 Å². The summed E-state index contributed by atoms with van der Waals surface area (Å²) in [6.45, 7) is 7.17. The minimum atomic E-state index is -0.0464. The lowest BCUT2D eigenvalue weighted by molar-refractivity contribution is -0.144. The Labute approximate surface area is 173 Å². The highest BCUT2D eigenvalue weighted by atomic mass is 16.5. The molecule has 0 N–H and O–H groups in total. The zero-order valence-electron chi connectivity index (χ0n) is 17.2. The molecule has 158 valence electrons. The summed E-state index contributed by atoms with van der Waals surface area (Å²) in [5.41, 5.74) is 1.32. The molecule has 7 nitrogen and oxygen atoms in total. The van der Waals surface area contributed by atoms with Crippen molar-refractivity contribution in [2.45, 2.75) is 31.6 Å². The van der Waals surface area contributed by atoms with Gasteiger partial charge in [-0.15, -0.1) is 0 Å². The van der Waals surface area contributed by atoms with Crippen LogP contribution < -0.4 is 0 Å². The number of carbonyl (C=O) groups is 2. The smallest absolute Gasteiger partial charge is 0.227 e. The SMILES string of the molecule is O=C1CCC(C(=O)N2CCC(c3ccncc3)CC2)CN1CCN1CCOCC1. The van der Waals surface area contributed by atoms with Gasteiger partial charge in [-0.05, 0) is 42.9 Å². The molecule has 4 heterocycles. The predicted molar refractivity (Wildman–Crippen MR) is 109 cm³/mol. The van der Waals surface area contributed by atoms with E-state index in [0.717, 1.165) is 58.8 Å². The molecule has 0 radical (unpaired) electrons. The maximum atomic E-state index is 13.1. The van der Waals surface area contributed by atoms with E-state index in [1.807, 2.05) is 22.2 Å². The maximum Gasteiger partial charge on any atom is 0.227 e. The van der Waals surface area contributed by atoms with Crippen LogP contribution in [0, 0.1) is 5.92 Å². The Bertz CT molecular complexity index is 685. The first-order valence-electron chi connectivity index (χ1n) is 11.0. The van der Waals surface area contributed by atoms with Crippen LogP contribution in [0.5, 0.6) is 0 Å². The summed E-state index contributed by atoms with van der Waals surface area (Å²) in [5.74, 6) is 0.899. The van der Waals surface area contributed by atoms with E-state index in [1.54, 1.807) is 0 Å². The molecule has 1 aromatic heterocycles. The fourth-order valence-electron chi connectivity index (χ4n) is 4.75. The summed E-state index contributed by atoms with van der Waals surface area (Å²) in [5, 5.41) is 0. The fraction of sp³-hybridized carbons (Fsp3) is 0.682. The monoisotopic (exact) mass is 400 g/mol. The molecule has 3 aliphatic rings. The number of piperidine rings is 2. The van der Waals surface area contributed by atoms with Crippen LogP contribution in [0.25, 0.3) is 0 Å². The van der Waals surface area contributed by atoms with Gasteiger partial charge >= 0.3 is 0 Å². The van der Waals surface area contributed by atoms with E-state index in [4.69, 9.17) is 4.74 Å². The number of nitrogens with zero attached hydrogens (tertiary/aromatic N) is 4. The minimum absolute atomic E-state index is 0.0464. The van der Waals surface area contributed by atoms with Crippen LogP contribution in [0.1, 0.15) is 37.2 Å². The van der Waals surface area contributed by atoms with Gasteiger partial charge in [0.1, 0.15) is 0 Å². The van der Waals surface area contributed by atoms with E-state index in [0.29, 0.717) is 31.8 Å². The zero-order valence-corrected chi connectivity index (χ0v) is 17.2. The van der Waals surface area contributed by atoms with Gasteiger partial charge in [-0.1, -0.05) is 0 Å². The Kier molecular flexibility index (Phi) is 6.77. The van der Waals surface area contributed by atoms with Gasteiger partial charge in [-0.3, -0.25) is 19.5 Å². The topological polar surface area (TPSA) is 66.0 Å². The number of pyridine rings is 1. The van der Waals surface area contributed by atoms with Crippen LogP contribution >= 0.6 is 0 Å². The Balaban J connectivity index is 1.26. The van der Waals surface area contributed by atoms with Crippen LogP contribution in [0.4, 0.5) is 0 Å². The van der Waals surface area contributed by atoms with Gasteiger partial charge in [-0.25, -0.2) is 0 Å². The highest BCUT2D eigenvalue weighted by Gasteiger charge is 2.34. The number of carbonyl (C=O) groups excluding carboxylic acids is 2. The van der Waals surface area contributed by atoms with E-state index < -0.39 is 0 Å². The number of amides is 2. The number of likely N-dealkylation sites (tertiary alicyclic amines) is 2. The molecule has 4 rings (SSSR count). The molecule has 7 heteroatoms. The van der Waals surface area contributed by atoms with Crippen molar-refractivity contribution in [2.75, 3.05) is 59.0 Å². The van der Waals surface area contributed by atoms with Crippen LogP contribution in [-0.2, 0) is 14.3 Å².